The van der Waals surface area contributed by atoms with E-state index in [0.717, 1.165) is 0 Å². The second-order valence-electron chi connectivity index (χ2n) is 3.00. The minimum absolute atomic E-state index is 0.0713. The molecule has 0 aromatic carbocycles. The molecule has 0 aromatic rings. The van der Waals surface area contributed by atoms with E-state index in [9.17, 15) is 14.2 Å². The second kappa shape index (κ2) is 10.7. The van der Waals surface area contributed by atoms with Gasteiger partial charge < -0.3 is 24.7 Å². The van der Waals surface area contributed by atoms with E-state index in [-0.39, 0.29) is 18.8 Å². The predicted octanol–water partition coefficient (Wildman–Crippen LogP) is 0.234. The van der Waals surface area contributed by atoms with Crippen LogP contribution in [0.1, 0.15) is 13.3 Å². The second-order valence-corrected chi connectivity index (χ2v) is 4.24. The van der Waals surface area contributed by atoms with Crippen LogP contribution in [0.2, 0.25) is 0 Å². The van der Waals surface area contributed by atoms with Crippen LogP contribution in [-0.2, 0) is 23.4 Å². The fourth-order valence-corrected chi connectivity index (χ4v) is 0.930. The fourth-order valence-electron chi connectivity index (χ4n) is 0.618. The third-order valence-corrected chi connectivity index (χ3v) is 1.88. The van der Waals surface area contributed by atoms with Gasteiger partial charge in [0, 0.05) is 12.2 Å². The van der Waals surface area contributed by atoms with Crippen LogP contribution in [-0.4, -0.2) is 51.8 Å². The molecule has 0 aliphatic heterocycles. The molecule has 0 aromatic heterocycles. The van der Waals surface area contributed by atoms with E-state index >= 15 is 0 Å². The van der Waals surface area contributed by atoms with E-state index in [4.69, 9.17) is 24.7 Å². The molecule has 0 saturated heterocycles. The lowest BCUT2D eigenvalue weighted by atomic mass is 10.2. The summed E-state index contributed by atoms with van der Waals surface area (Å²) in [6.07, 6.45) is -0.505. The molecule has 0 bridgehead atoms. The van der Waals surface area contributed by atoms with Gasteiger partial charge in [-0.05, 0) is 6.92 Å². The van der Waals surface area contributed by atoms with Crippen molar-refractivity contribution in [2.45, 2.75) is 13.3 Å². The summed E-state index contributed by atoms with van der Waals surface area (Å²) >= 11 is 0. The Bertz CT molecular complexity index is 346. The largest absolute Gasteiger partial charge is 0.481 e. The van der Waals surface area contributed by atoms with Crippen LogP contribution in [0.25, 0.3) is 0 Å². The zero-order chi connectivity index (χ0) is 15.5. The molecular formula is C9H17O9P. The van der Waals surface area contributed by atoms with Gasteiger partial charge in [-0.3, -0.25) is 9.32 Å². The Kier molecular flexibility index (Phi) is 11.3. The summed E-state index contributed by atoms with van der Waals surface area (Å²) in [6, 6.07) is 0. The first-order chi connectivity index (χ1) is 8.60. The van der Waals surface area contributed by atoms with Crippen molar-refractivity contribution in [3.8, 4) is 0 Å². The van der Waals surface area contributed by atoms with Gasteiger partial charge in [0.15, 0.2) is 0 Å². The van der Waals surface area contributed by atoms with Gasteiger partial charge in [0.2, 0.25) is 0 Å². The number of hydrogen-bond acceptors (Lipinski definition) is 5. The number of hydrogen-bond donors (Lipinski definition) is 4. The molecule has 19 heavy (non-hydrogen) atoms. The summed E-state index contributed by atoms with van der Waals surface area (Å²) in [4.78, 5) is 36.0. The molecule has 9 nitrogen and oxygen atoms in total. The summed E-state index contributed by atoms with van der Waals surface area (Å²) in [5, 5.41) is 16.1. The predicted molar refractivity (Wildman–Crippen MR) is 63.5 cm³/mol. The highest BCUT2D eigenvalue weighted by Crippen LogP contribution is 2.35. The zero-order valence-corrected chi connectivity index (χ0v) is 11.2. The number of aliphatic carboxylic acids is 2. The molecule has 0 radical (unpaired) electrons. The standard InChI is InChI=1S/C5H6O4.C4H11O5P/c1-3(5(8)9)2-4(6)7;1-2-8-3-4-9-10(5,6)7/h1-2H2,(H,6,7)(H,8,9);2-4H2,1H3,(H2,5,6,7). The highest BCUT2D eigenvalue weighted by atomic mass is 31.2. The van der Waals surface area contributed by atoms with Gasteiger partial charge in [-0.15, -0.1) is 0 Å². The lowest BCUT2D eigenvalue weighted by Gasteiger charge is -2.03. The molecule has 0 aliphatic rings. The Morgan fingerprint density at radius 3 is 2.00 bits per heavy atom. The molecule has 0 atom stereocenters. The number of carbonyl (C=O) groups is 2. The first-order valence-corrected chi connectivity index (χ1v) is 6.53. The summed E-state index contributed by atoms with van der Waals surface area (Å²) in [6.45, 7) is 5.46. The summed E-state index contributed by atoms with van der Waals surface area (Å²) in [5.74, 6) is -2.44. The maximum absolute atomic E-state index is 10.0. The van der Waals surface area contributed by atoms with Crippen molar-refractivity contribution >= 4 is 19.8 Å². The highest BCUT2D eigenvalue weighted by Gasteiger charge is 2.12. The zero-order valence-electron chi connectivity index (χ0n) is 10.3. The monoisotopic (exact) mass is 300 g/mol. The normalized spacial score (nSPS) is 10.3. The van der Waals surface area contributed by atoms with E-state index in [0.29, 0.717) is 6.61 Å². The third-order valence-electron chi connectivity index (χ3n) is 1.36. The van der Waals surface area contributed by atoms with Crippen molar-refractivity contribution in [2.75, 3.05) is 19.8 Å². The van der Waals surface area contributed by atoms with E-state index in [1.807, 2.05) is 0 Å². The quantitative estimate of drug-likeness (QED) is 0.280. The van der Waals surface area contributed by atoms with Crippen LogP contribution >= 0.6 is 7.82 Å². The van der Waals surface area contributed by atoms with Crippen LogP contribution in [0.4, 0.5) is 0 Å². The Morgan fingerprint density at radius 2 is 1.74 bits per heavy atom. The number of phosphoric acid groups is 1. The molecule has 0 rings (SSSR count). The lowest BCUT2D eigenvalue weighted by Crippen LogP contribution is -2.04. The molecule has 10 heteroatoms. The van der Waals surface area contributed by atoms with Crippen molar-refractivity contribution in [3.63, 3.8) is 0 Å². The van der Waals surface area contributed by atoms with E-state index in [1.165, 1.54) is 0 Å². The minimum atomic E-state index is -4.29. The Labute approximate surface area is 109 Å². The van der Waals surface area contributed by atoms with Crippen molar-refractivity contribution in [1.29, 1.82) is 0 Å². The van der Waals surface area contributed by atoms with Gasteiger partial charge in [-0.2, -0.15) is 0 Å². The topological polar surface area (TPSA) is 151 Å². The molecule has 0 fully saturated rings. The maximum atomic E-state index is 10.0. The molecule has 0 spiro atoms. The number of rotatable bonds is 8. The SMILES string of the molecule is C=C(CC(=O)O)C(=O)O.CCOCCOP(=O)(O)O. The Morgan fingerprint density at radius 1 is 1.21 bits per heavy atom. The van der Waals surface area contributed by atoms with Gasteiger partial charge >= 0.3 is 19.8 Å². The van der Waals surface area contributed by atoms with Gasteiger partial charge in [0.1, 0.15) is 0 Å². The fraction of sp³-hybridized carbons (Fsp3) is 0.556. The van der Waals surface area contributed by atoms with Gasteiger partial charge in [0.25, 0.3) is 0 Å². The Hall–Kier alpha value is -1.25. The summed E-state index contributed by atoms with van der Waals surface area (Å²) < 4.78 is 18.8. The van der Waals surface area contributed by atoms with Crippen LogP contribution in [0, 0.1) is 0 Å². The lowest BCUT2D eigenvalue weighted by molar-refractivity contribution is -0.139. The maximum Gasteiger partial charge on any atom is 0.469 e. The van der Waals surface area contributed by atoms with Crippen LogP contribution < -0.4 is 0 Å². The molecule has 0 aliphatic carbocycles. The molecule has 4 N–H and O–H groups in total. The average Bonchev–Trinajstić information content (AvgIpc) is 2.23. The van der Waals surface area contributed by atoms with Crippen LogP contribution in [0.3, 0.4) is 0 Å². The van der Waals surface area contributed by atoms with E-state index < -0.39 is 26.2 Å². The average molecular weight is 300 g/mol. The Balaban J connectivity index is 0. The summed E-state index contributed by atoms with van der Waals surface area (Å²) in [5.41, 5.74) is -0.303. The number of carboxylic acids is 2. The highest BCUT2D eigenvalue weighted by molar-refractivity contribution is 7.46. The van der Waals surface area contributed by atoms with Crippen molar-refractivity contribution < 1.29 is 43.4 Å². The van der Waals surface area contributed by atoms with Crippen molar-refractivity contribution in [3.05, 3.63) is 12.2 Å². The molecule has 0 heterocycles. The molecule has 0 amide bonds. The first-order valence-electron chi connectivity index (χ1n) is 5.00. The third kappa shape index (κ3) is 19.3. The van der Waals surface area contributed by atoms with E-state index in [2.05, 4.69) is 11.1 Å². The van der Waals surface area contributed by atoms with Gasteiger partial charge in [0.05, 0.1) is 19.6 Å². The smallest absolute Gasteiger partial charge is 0.469 e. The molecule has 112 valence electrons. The first kappa shape index (κ1) is 20.1. The van der Waals surface area contributed by atoms with Crippen LogP contribution in [0.5, 0.6) is 0 Å². The van der Waals surface area contributed by atoms with Gasteiger partial charge in [-0.1, -0.05) is 6.58 Å². The molecule has 0 saturated carbocycles. The van der Waals surface area contributed by atoms with Gasteiger partial charge in [-0.25, -0.2) is 9.36 Å². The number of carboxylic acid groups (broad SMARTS) is 2. The minimum Gasteiger partial charge on any atom is -0.481 e. The number of ether oxygens (including phenoxy) is 1. The molecular weight excluding hydrogens is 283 g/mol. The van der Waals surface area contributed by atoms with E-state index in [1.54, 1.807) is 6.92 Å². The summed E-state index contributed by atoms with van der Waals surface area (Å²) in [7, 11) is -4.29. The van der Waals surface area contributed by atoms with Crippen LogP contribution in [0.15, 0.2) is 12.2 Å². The number of phosphoric ester groups is 1. The van der Waals surface area contributed by atoms with Crippen molar-refractivity contribution in [1.82, 2.24) is 0 Å². The molecule has 0 unspecified atom stereocenters. The van der Waals surface area contributed by atoms with Crippen molar-refractivity contribution in [2.24, 2.45) is 0 Å².